The lowest BCUT2D eigenvalue weighted by Gasteiger charge is -2.31. The van der Waals surface area contributed by atoms with Crippen molar-refractivity contribution in [2.24, 2.45) is 0 Å². The zero-order valence-corrected chi connectivity index (χ0v) is 26.3. The van der Waals surface area contributed by atoms with Crippen LogP contribution in [0.1, 0.15) is 42.4 Å². The van der Waals surface area contributed by atoms with Crippen LogP contribution in [0.3, 0.4) is 0 Å². The smallest absolute Gasteiger partial charge is 0.419 e. The van der Waals surface area contributed by atoms with Gasteiger partial charge in [-0.05, 0) is 79.6 Å². The van der Waals surface area contributed by atoms with Gasteiger partial charge in [-0.2, -0.15) is 13.2 Å². The van der Waals surface area contributed by atoms with E-state index >= 15 is 0 Å². The number of ether oxygens (including phenoxy) is 1. The first-order valence-corrected chi connectivity index (χ1v) is 14.9. The first-order chi connectivity index (χ1) is 22.4. The molecule has 8 nitrogen and oxygen atoms in total. The first-order valence-electron chi connectivity index (χ1n) is 14.9. The lowest BCUT2D eigenvalue weighted by Crippen LogP contribution is -2.38. The van der Waals surface area contributed by atoms with Gasteiger partial charge in [0.15, 0.2) is 0 Å². The molecule has 2 heterocycles. The maximum atomic E-state index is 14.1. The van der Waals surface area contributed by atoms with Gasteiger partial charge in [-0.1, -0.05) is 24.3 Å². The van der Waals surface area contributed by atoms with Gasteiger partial charge in [0.1, 0.15) is 23.2 Å². The zero-order chi connectivity index (χ0) is 33.9. The maximum absolute atomic E-state index is 14.1. The zero-order valence-electron chi connectivity index (χ0n) is 26.3. The Morgan fingerprint density at radius 2 is 1.68 bits per heavy atom. The summed E-state index contributed by atoms with van der Waals surface area (Å²) >= 11 is 0. The van der Waals surface area contributed by atoms with E-state index in [-0.39, 0.29) is 23.5 Å². The molecule has 0 bridgehead atoms. The highest BCUT2D eigenvalue weighted by Gasteiger charge is 2.35. The fraction of sp³-hybridized carbons (Fsp3) is 0.257. The van der Waals surface area contributed by atoms with Crippen LogP contribution in [0.25, 0.3) is 16.6 Å². The molecule has 0 saturated carbocycles. The van der Waals surface area contributed by atoms with E-state index < -0.39 is 35.9 Å². The van der Waals surface area contributed by atoms with Crippen LogP contribution < -0.4 is 15.2 Å². The van der Waals surface area contributed by atoms with Gasteiger partial charge in [0.25, 0.3) is 5.56 Å². The van der Waals surface area contributed by atoms with Crippen LogP contribution >= 0.6 is 0 Å². The number of benzene rings is 3. The molecule has 1 atom stereocenters. The lowest BCUT2D eigenvalue weighted by molar-refractivity contribution is -0.140. The SMILES string of the molecule is CCOc1ccc(-n2c(C(C)N(Cc3ccc(N(C)C)nc3)C(=O)Cc3ccc(F)c(C(F)(F)F)c3)nc3ccccc3c2=O)cc1. The predicted octanol–water partition coefficient (Wildman–Crippen LogP) is 6.74. The minimum atomic E-state index is -4.93. The van der Waals surface area contributed by atoms with Crippen LogP contribution in [0.4, 0.5) is 23.4 Å². The molecule has 0 fully saturated rings. The Morgan fingerprint density at radius 3 is 2.32 bits per heavy atom. The minimum absolute atomic E-state index is 0.00000631. The Kier molecular flexibility index (Phi) is 9.59. The van der Waals surface area contributed by atoms with E-state index in [0.29, 0.717) is 52.5 Å². The average molecular weight is 648 g/mol. The van der Waals surface area contributed by atoms with Crippen molar-refractivity contribution >= 4 is 22.6 Å². The summed E-state index contributed by atoms with van der Waals surface area (Å²) in [4.78, 5) is 40.6. The number of hydrogen-bond donors (Lipinski definition) is 0. The summed E-state index contributed by atoms with van der Waals surface area (Å²) in [7, 11) is 3.67. The topological polar surface area (TPSA) is 80.6 Å². The number of nitrogens with zero attached hydrogens (tertiary/aromatic N) is 5. The summed E-state index contributed by atoms with van der Waals surface area (Å²) in [6, 6.07) is 18.9. The summed E-state index contributed by atoms with van der Waals surface area (Å²) in [6.07, 6.45) is -3.79. The molecule has 12 heteroatoms. The molecule has 0 aliphatic rings. The molecule has 0 radical (unpaired) electrons. The second-order valence-electron chi connectivity index (χ2n) is 11.2. The highest BCUT2D eigenvalue weighted by molar-refractivity contribution is 5.80. The van der Waals surface area contributed by atoms with Crippen LogP contribution in [0, 0.1) is 5.82 Å². The van der Waals surface area contributed by atoms with Gasteiger partial charge in [-0.25, -0.2) is 14.4 Å². The number of alkyl halides is 3. The predicted molar refractivity (Wildman–Crippen MR) is 171 cm³/mol. The standard InChI is InChI=1S/C35H33F4N5O3/c1-5-47-26-14-12-25(13-15-26)44-33(41-30-9-7-6-8-27(30)34(44)46)22(2)43(21-24-11-17-31(40-20-24)42(3)4)32(45)19-23-10-16-29(36)28(18-23)35(37,38)39/h6-18,20,22H,5,19,21H2,1-4H3. The van der Waals surface area contributed by atoms with E-state index in [2.05, 4.69) is 4.98 Å². The van der Waals surface area contributed by atoms with E-state index in [1.807, 2.05) is 25.9 Å². The van der Waals surface area contributed by atoms with Crippen LogP contribution in [-0.2, 0) is 23.9 Å². The van der Waals surface area contributed by atoms with Crippen LogP contribution in [0.15, 0.2) is 89.9 Å². The molecule has 244 valence electrons. The van der Waals surface area contributed by atoms with Crippen LogP contribution in [0.2, 0.25) is 0 Å². The minimum Gasteiger partial charge on any atom is -0.494 e. The number of amides is 1. The number of anilines is 1. The van der Waals surface area contributed by atoms with E-state index in [1.54, 1.807) is 73.8 Å². The Hall–Kier alpha value is -5.26. The quantitative estimate of drug-likeness (QED) is 0.156. The molecule has 0 aliphatic carbocycles. The summed E-state index contributed by atoms with van der Waals surface area (Å²) in [5, 5.41) is 0.365. The number of rotatable bonds is 10. The Balaban J connectivity index is 1.62. The summed E-state index contributed by atoms with van der Waals surface area (Å²) < 4.78 is 61.5. The van der Waals surface area contributed by atoms with Crippen molar-refractivity contribution in [2.45, 2.75) is 39.0 Å². The van der Waals surface area contributed by atoms with Gasteiger partial charge in [0, 0.05) is 26.8 Å². The molecule has 3 aromatic carbocycles. The molecule has 1 unspecified atom stereocenters. The van der Waals surface area contributed by atoms with Crippen LogP contribution in [-0.4, -0.2) is 46.0 Å². The number of fused-ring (bicyclic) bond motifs is 1. The molecule has 5 aromatic rings. The van der Waals surface area contributed by atoms with Gasteiger partial charge in [0.05, 0.1) is 41.2 Å². The third-order valence-corrected chi connectivity index (χ3v) is 7.68. The molecule has 0 aliphatic heterocycles. The van der Waals surface area contributed by atoms with Crippen molar-refractivity contribution in [3.05, 3.63) is 124 Å². The van der Waals surface area contributed by atoms with Crippen LogP contribution in [0.5, 0.6) is 5.75 Å². The van der Waals surface area contributed by atoms with Gasteiger partial charge >= 0.3 is 6.18 Å². The fourth-order valence-corrected chi connectivity index (χ4v) is 5.27. The molecule has 2 aromatic heterocycles. The maximum Gasteiger partial charge on any atom is 0.419 e. The van der Waals surface area contributed by atoms with Crippen molar-refractivity contribution < 1.29 is 27.1 Å². The largest absolute Gasteiger partial charge is 0.494 e. The third kappa shape index (κ3) is 7.26. The number of hydrogen-bond acceptors (Lipinski definition) is 6. The summed E-state index contributed by atoms with van der Waals surface area (Å²) in [5.41, 5.74) is -0.291. The van der Waals surface area contributed by atoms with Crippen molar-refractivity contribution in [3.8, 4) is 11.4 Å². The monoisotopic (exact) mass is 647 g/mol. The Bertz CT molecular complexity index is 1940. The van der Waals surface area contributed by atoms with E-state index in [9.17, 15) is 27.2 Å². The van der Waals surface area contributed by atoms with E-state index in [1.165, 1.54) is 9.47 Å². The first kappa shape index (κ1) is 33.1. The van der Waals surface area contributed by atoms with Crippen molar-refractivity contribution in [2.75, 3.05) is 25.6 Å². The molecule has 0 N–H and O–H groups in total. The van der Waals surface area contributed by atoms with Gasteiger partial charge in [-0.15, -0.1) is 0 Å². The van der Waals surface area contributed by atoms with Gasteiger partial charge < -0.3 is 14.5 Å². The molecule has 1 amide bonds. The number of pyridine rings is 1. The molecule has 0 saturated heterocycles. The second-order valence-corrected chi connectivity index (χ2v) is 11.2. The highest BCUT2D eigenvalue weighted by Crippen LogP contribution is 2.33. The Labute approximate surface area is 268 Å². The lowest BCUT2D eigenvalue weighted by atomic mass is 10.0. The van der Waals surface area contributed by atoms with Gasteiger partial charge in [-0.3, -0.25) is 14.2 Å². The summed E-state index contributed by atoms with van der Waals surface area (Å²) in [5.74, 6) is -0.457. The second kappa shape index (κ2) is 13.6. The normalized spacial score (nSPS) is 12.2. The van der Waals surface area contributed by atoms with Crippen molar-refractivity contribution in [1.82, 2.24) is 19.4 Å². The Morgan fingerprint density at radius 1 is 0.979 bits per heavy atom. The number of carbonyl (C=O) groups excluding carboxylic acids is 1. The molecular formula is C35H33F4N5O3. The third-order valence-electron chi connectivity index (χ3n) is 7.68. The highest BCUT2D eigenvalue weighted by atomic mass is 19.4. The van der Waals surface area contributed by atoms with E-state index in [0.717, 1.165) is 6.07 Å². The molecule has 0 spiro atoms. The molecule has 47 heavy (non-hydrogen) atoms. The number of aromatic nitrogens is 3. The number of halogens is 4. The molecular weight excluding hydrogens is 614 g/mol. The van der Waals surface area contributed by atoms with Gasteiger partial charge in [0.2, 0.25) is 5.91 Å². The van der Waals surface area contributed by atoms with E-state index in [4.69, 9.17) is 9.72 Å². The average Bonchev–Trinajstić information content (AvgIpc) is 3.04. The van der Waals surface area contributed by atoms with Crippen molar-refractivity contribution in [1.29, 1.82) is 0 Å². The number of carbonyl (C=O) groups is 1. The molecule has 5 rings (SSSR count). The number of para-hydroxylation sites is 1. The fourth-order valence-electron chi connectivity index (χ4n) is 5.27. The van der Waals surface area contributed by atoms with Crippen molar-refractivity contribution in [3.63, 3.8) is 0 Å². The summed E-state index contributed by atoms with van der Waals surface area (Å²) in [6.45, 7) is 4.02.